The number of methoxy groups -OCH3 is 2. The average molecular weight is 380 g/mol. The third-order valence-corrected chi connectivity index (χ3v) is 4.68. The van der Waals surface area contributed by atoms with E-state index in [0.717, 1.165) is 29.8 Å². The van der Waals surface area contributed by atoms with E-state index in [9.17, 15) is 9.59 Å². The second-order valence-corrected chi connectivity index (χ2v) is 6.59. The Balaban J connectivity index is 1.71. The normalized spacial score (nSPS) is 13.8. The molecule has 0 atom stereocenters. The van der Waals surface area contributed by atoms with Crippen LogP contribution in [0.3, 0.4) is 0 Å². The summed E-state index contributed by atoms with van der Waals surface area (Å²) in [7, 11) is 3.14. The number of benzene rings is 2. The maximum Gasteiger partial charge on any atom is 0.248 e. The van der Waals surface area contributed by atoms with Crippen LogP contribution in [-0.2, 0) is 9.59 Å². The van der Waals surface area contributed by atoms with E-state index in [-0.39, 0.29) is 11.8 Å². The van der Waals surface area contributed by atoms with E-state index in [2.05, 4.69) is 5.32 Å². The third-order valence-electron chi connectivity index (χ3n) is 4.68. The maximum absolute atomic E-state index is 12.3. The second-order valence-electron chi connectivity index (χ2n) is 6.59. The van der Waals surface area contributed by atoms with Gasteiger partial charge >= 0.3 is 0 Å². The van der Waals surface area contributed by atoms with Crippen LogP contribution in [0.2, 0.25) is 0 Å². The second kappa shape index (κ2) is 8.61. The van der Waals surface area contributed by atoms with Gasteiger partial charge in [0, 0.05) is 30.4 Å². The summed E-state index contributed by atoms with van der Waals surface area (Å²) in [5.74, 6) is 1.11. The van der Waals surface area contributed by atoms with Crippen molar-refractivity contribution in [2.75, 3.05) is 31.0 Å². The van der Waals surface area contributed by atoms with Crippen LogP contribution in [0.4, 0.5) is 11.4 Å². The van der Waals surface area contributed by atoms with E-state index >= 15 is 0 Å². The molecule has 1 N–H and O–H groups in total. The zero-order valence-corrected chi connectivity index (χ0v) is 16.3. The van der Waals surface area contributed by atoms with Gasteiger partial charge in [-0.1, -0.05) is 12.1 Å². The Hall–Kier alpha value is -3.28. The molecule has 2 amide bonds. The summed E-state index contributed by atoms with van der Waals surface area (Å²) in [6.45, 7) is 2.68. The van der Waals surface area contributed by atoms with Crippen LogP contribution in [0.1, 0.15) is 24.0 Å². The Kier molecular flexibility index (Phi) is 5.99. The Bertz CT molecular complexity index is 921. The first kappa shape index (κ1) is 19.5. The zero-order valence-electron chi connectivity index (χ0n) is 16.3. The molecule has 6 nitrogen and oxygen atoms in total. The number of hydrogen-bond acceptors (Lipinski definition) is 4. The van der Waals surface area contributed by atoms with Crippen molar-refractivity contribution in [3.05, 3.63) is 53.6 Å². The van der Waals surface area contributed by atoms with Gasteiger partial charge in [-0.2, -0.15) is 0 Å². The van der Waals surface area contributed by atoms with E-state index < -0.39 is 0 Å². The van der Waals surface area contributed by atoms with Crippen molar-refractivity contribution in [3.63, 3.8) is 0 Å². The number of nitrogens with one attached hydrogen (secondary N) is 1. The van der Waals surface area contributed by atoms with Crippen LogP contribution in [0.15, 0.2) is 42.5 Å². The van der Waals surface area contributed by atoms with Gasteiger partial charge in [-0.25, -0.2) is 0 Å². The molecular weight excluding hydrogens is 356 g/mol. The van der Waals surface area contributed by atoms with Crippen LogP contribution in [0.5, 0.6) is 11.5 Å². The summed E-state index contributed by atoms with van der Waals surface area (Å²) in [6, 6.07) is 11.0. The Morgan fingerprint density at radius 2 is 1.89 bits per heavy atom. The minimum absolute atomic E-state index is 0.125. The van der Waals surface area contributed by atoms with Crippen LogP contribution >= 0.6 is 0 Å². The number of amides is 2. The third kappa shape index (κ3) is 4.34. The molecule has 0 bridgehead atoms. The molecule has 6 heteroatoms. The number of carbonyl (C=O) groups is 2. The quantitative estimate of drug-likeness (QED) is 0.774. The van der Waals surface area contributed by atoms with Crippen molar-refractivity contribution in [2.24, 2.45) is 0 Å². The van der Waals surface area contributed by atoms with E-state index in [4.69, 9.17) is 9.47 Å². The van der Waals surface area contributed by atoms with Gasteiger partial charge in [-0.15, -0.1) is 0 Å². The number of ether oxygens (including phenoxy) is 2. The molecule has 1 saturated heterocycles. The monoisotopic (exact) mass is 380 g/mol. The summed E-state index contributed by atoms with van der Waals surface area (Å²) in [5.41, 5.74) is 3.33. The minimum atomic E-state index is -0.252. The maximum atomic E-state index is 12.3. The summed E-state index contributed by atoms with van der Waals surface area (Å²) in [4.78, 5) is 26.1. The molecule has 0 radical (unpaired) electrons. The summed E-state index contributed by atoms with van der Waals surface area (Å²) >= 11 is 0. The summed E-state index contributed by atoms with van der Waals surface area (Å²) in [6.07, 6.45) is 4.60. The molecule has 146 valence electrons. The van der Waals surface area contributed by atoms with Gasteiger partial charge in [0.2, 0.25) is 11.8 Å². The number of hydrogen-bond donors (Lipinski definition) is 1. The highest BCUT2D eigenvalue weighted by atomic mass is 16.5. The number of aryl methyl sites for hydroxylation is 1. The lowest BCUT2D eigenvalue weighted by Gasteiger charge is -2.19. The molecular formula is C22H24N2O4. The van der Waals surface area contributed by atoms with Crippen LogP contribution < -0.4 is 19.7 Å². The van der Waals surface area contributed by atoms with E-state index in [1.54, 1.807) is 37.3 Å². The first-order valence-electron chi connectivity index (χ1n) is 9.14. The predicted molar refractivity (Wildman–Crippen MR) is 110 cm³/mol. The van der Waals surface area contributed by atoms with Gasteiger partial charge in [0.05, 0.1) is 14.2 Å². The van der Waals surface area contributed by atoms with E-state index in [1.807, 2.05) is 31.2 Å². The smallest absolute Gasteiger partial charge is 0.248 e. The van der Waals surface area contributed by atoms with E-state index in [1.165, 1.54) is 6.08 Å². The molecule has 28 heavy (non-hydrogen) atoms. The largest absolute Gasteiger partial charge is 0.493 e. The molecule has 2 aromatic carbocycles. The molecule has 0 aromatic heterocycles. The number of carbonyl (C=O) groups excluding carboxylic acids is 2. The molecule has 1 aliphatic rings. The van der Waals surface area contributed by atoms with Crippen LogP contribution in [0, 0.1) is 6.92 Å². The van der Waals surface area contributed by atoms with Crippen molar-refractivity contribution < 1.29 is 19.1 Å². The molecule has 0 saturated carbocycles. The van der Waals surface area contributed by atoms with Crippen LogP contribution in [0.25, 0.3) is 6.08 Å². The fraction of sp³-hybridized carbons (Fsp3) is 0.273. The van der Waals surface area contributed by atoms with Gasteiger partial charge in [0.15, 0.2) is 11.5 Å². The molecule has 3 rings (SSSR count). The Labute approximate surface area is 164 Å². The molecule has 0 spiro atoms. The fourth-order valence-corrected chi connectivity index (χ4v) is 3.19. The molecule has 2 aromatic rings. The lowest BCUT2D eigenvalue weighted by atomic mass is 10.1. The Morgan fingerprint density at radius 1 is 1.11 bits per heavy atom. The van der Waals surface area contributed by atoms with Crippen molar-refractivity contribution >= 4 is 29.3 Å². The predicted octanol–water partition coefficient (Wildman–Crippen LogP) is 3.79. The van der Waals surface area contributed by atoms with Crippen molar-refractivity contribution in [1.82, 2.24) is 0 Å². The molecule has 1 fully saturated rings. The summed E-state index contributed by atoms with van der Waals surface area (Å²) < 4.78 is 10.5. The zero-order chi connectivity index (χ0) is 20.1. The van der Waals surface area contributed by atoms with Crippen LogP contribution in [-0.4, -0.2) is 32.6 Å². The molecule has 0 aliphatic carbocycles. The van der Waals surface area contributed by atoms with E-state index in [0.29, 0.717) is 23.6 Å². The van der Waals surface area contributed by atoms with Gasteiger partial charge in [0.1, 0.15) is 0 Å². The SMILES string of the molecule is COc1ccc(/C=C/C(=O)Nc2ccc(C)c(N3CCCC3=O)c2)cc1OC. The topological polar surface area (TPSA) is 67.9 Å². The standard InChI is InChI=1S/C22H24N2O4/c1-15-6-9-17(14-18(15)24-12-4-5-22(24)26)23-21(25)11-8-16-7-10-19(27-2)20(13-16)28-3/h6-11,13-14H,4-5,12H2,1-3H3,(H,23,25)/b11-8+. The minimum Gasteiger partial charge on any atom is -0.493 e. The highest BCUT2D eigenvalue weighted by molar-refractivity contribution is 6.03. The first-order chi connectivity index (χ1) is 13.5. The van der Waals surface area contributed by atoms with Gasteiger partial charge in [-0.05, 0) is 54.8 Å². The van der Waals surface area contributed by atoms with Gasteiger partial charge in [-0.3, -0.25) is 9.59 Å². The van der Waals surface area contributed by atoms with Crippen molar-refractivity contribution in [2.45, 2.75) is 19.8 Å². The lowest BCUT2D eigenvalue weighted by molar-refractivity contribution is -0.117. The highest BCUT2D eigenvalue weighted by Gasteiger charge is 2.23. The fourth-order valence-electron chi connectivity index (χ4n) is 3.19. The Morgan fingerprint density at radius 3 is 2.57 bits per heavy atom. The lowest BCUT2D eigenvalue weighted by Crippen LogP contribution is -2.24. The molecule has 1 heterocycles. The van der Waals surface area contributed by atoms with Gasteiger partial charge < -0.3 is 19.7 Å². The van der Waals surface area contributed by atoms with Gasteiger partial charge in [0.25, 0.3) is 0 Å². The number of rotatable bonds is 6. The number of anilines is 2. The molecule has 1 aliphatic heterocycles. The average Bonchev–Trinajstić information content (AvgIpc) is 3.13. The first-order valence-corrected chi connectivity index (χ1v) is 9.14. The van der Waals surface area contributed by atoms with Crippen molar-refractivity contribution in [1.29, 1.82) is 0 Å². The number of nitrogens with zero attached hydrogens (tertiary/aromatic N) is 1. The van der Waals surface area contributed by atoms with Crippen molar-refractivity contribution in [3.8, 4) is 11.5 Å². The summed E-state index contributed by atoms with van der Waals surface area (Å²) in [5, 5.41) is 2.85. The molecule has 0 unspecified atom stereocenters. The highest BCUT2D eigenvalue weighted by Crippen LogP contribution is 2.29.